The molecule has 0 aliphatic carbocycles. The summed E-state index contributed by atoms with van der Waals surface area (Å²) in [5.74, 6) is -0.653. The zero-order chi connectivity index (χ0) is 19.7. The highest BCUT2D eigenvalue weighted by atomic mass is 16.4. The van der Waals surface area contributed by atoms with Gasteiger partial charge in [-0.3, -0.25) is 4.79 Å². The molecule has 0 saturated carbocycles. The van der Waals surface area contributed by atoms with Gasteiger partial charge in [-0.1, -0.05) is 96.8 Å². The zero-order valence-electron chi connectivity index (χ0n) is 17.1. The molecule has 0 amide bonds. The lowest BCUT2D eigenvalue weighted by molar-refractivity contribution is -0.137. The predicted octanol–water partition coefficient (Wildman–Crippen LogP) is 6.77. The van der Waals surface area contributed by atoms with Gasteiger partial charge >= 0.3 is 5.97 Å². The minimum Gasteiger partial charge on any atom is -0.516 e. The summed E-state index contributed by atoms with van der Waals surface area (Å²) in [6, 6.07) is 0. The Hall–Kier alpha value is -1.03. The Morgan fingerprint density at radius 2 is 1.12 bits per heavy atom. The second-order valence-corrected chi connectivity index (χ2v) is 6.99. The number of aliphatic carboxylic acids is 1. The number of aliphatic hydroxyl groups is 2. The van der Waals surface area contributed by atoms with Gasteiger partial charge in [0, 0.05) is 13.0 Å². The topological polar surface area (TPSA) is 77.8 Å². The van der Waals surface area contributed by atoms with Crippen molar-refractivity contribution in [3.8, 4) is 0 Å². The van der Waals surface area contributed by atoms with E-state index in [0.717, 1.165) is 19.1 Å². The van der Waals surface area contributed by atoms with E-state index in [2.05, 4.69) is 6.92 Å². The second kappa shape index (κ2) is 26.2. The summed E-state index contributed by atoms with van der Waals surface area (Å²) in [6.45, 7) is 2.38. The van der Waals surface area contributed by atoms with Crippen LogP contribution in [0, 0.1) is 0 Å². The van der Waals surface area contributed by atoms with Crippen LogP contribution < -0.4 is 0 Å². The average Bonchev–Trinajstić information content (AvgIpc) is 2.63. The van der Waals surface area contributed by atoms with Crippen LogP contribution in [0.2, 0.25) is 0 Å². The van der Waals surface area contributed by atoms with Crippen molar-refractivity contribution in [2.75, 3.05) is 6.61 Å². The number of carboxylic acid groups (broad SMARTS) is 1. The Morgan fingerprint density at radius 3 is 1.38 bits per heavy atom. The van der Waals surface area contributed by atoms with E-state index in [9.17, 15) is 4.79 Å². The molecule has 0 bridgehead atoms. The van der Waals surface area contributed by atoms with Gasteiger partial charge in [-0.2, -0.15) is 0 Å². The van der Waals surface area contributed by atoms with Crippen molar-refractivity contribution >= 4 is 5.97 Å². The number of aliphatic hydroxyl groups excluding tert-OH is 2. The zero-order valence-corrected chi connectivity index (χ0v) is 17.1. The van der Waals surface area contributed by atoms with E-state index in [-0.39, 0.29) is 6.61 Å². The van der Waals surface area contributed by atoms with Gasteiger partial charge in [0.25, 0.3) is 0 Å². The van der Waals surface area contributed by atoms with Crippen molar-refractivity contribution in [3.63, 3.8) is 0 Å². The Kier molecular flexibility index (Phi) is 27.4. The lowest BCUT2D eigenvalue weighted by Gasteiger charge is -2.03. The van der Waals surface area contributed by atoms with Gasteiger partial charge in [-0.25, -0.2) is 0 Å². The summed E-state index contributed by atoms with van der Waals surface area (Å²) in [5, 5.41) is 24.5. The third-order valence-electron chi connectivity index (χ3n) is 4.40. The van der Waals surface area contributed by atoms with E-state index in [1.54, 1.807) is 0 Å². The van der Waals surface area contributed by atoms with Crippen LogP contribution in [0.3, 0.4) is 0 Å². The Bertz CT molecular complexity index is 290. The number of hydrogen-bond donors (Lipinski definition) is 3. The summed E-state index contributed by atoms with van der Waals surface area (Å²) in [5.41, 5.74) is 0. The monoisotopic (exact) mass is 372 g/mol. The number of unbranched alkanes of at least 4 members (excludes halogenated alkanes) is 14. The van der Waals surface area contributed by atoms with Crippen LogP contribution in [0.4, 0.5) is 0 Å². The van der Waals surface area contributed by atoms with Gasteiger partial charge in [0.1, 0.15) is 0 Å². The fourth-order valence-corrected chi connectivity index (χ4v) is 2.80. The second-order valence-electron chi connectivity index (χ2n) is 6.99. The Balaban J connectivity index is 0. The molecule has 0 rings (SSSR count). The molecule has 26 heavy (non-hydrogen) atoms. The maximum atomic E-state index is 10.3. The molecule has 0 aliphatic heterocycles. The number of carboxylic acids is 1. The lowest BCUT2D eigenvalue weighted by Crippen LogP contribution is -1.93. The molecule has 0 radical (unpaired) electrons. The van der Waals surface area contributed by atoms with E-state index in [1.807, 2.05) is 0 Å². The summed E-state index contributed by atoms with van der Waals surface area (Å²) in [6.07, 6.45) is 23.2. The smallest absolute Gasteiger partial charge is 0.303 e. The SMILES string of the molecule is CCCCCCCCCCCCCCCCCC(=O)O.OC=CCCO. The Morgan fingerprint density at radius 1 is 0.731 bits per heavy atom. The Labute approximate surface area is 161 Å². The summed E-state index contributed by atoms with van der Waals surface area (Å²) in [4.78, 5) is 10.3. The third-order valence-corrected chi connectivity index (χ3v) is 4.40. The van der Waals surface area contributed by atoms with Crippen molar-refractivity contribution in [1.29, 1.82) is 0 Å². The molecule has 0 spiro atoms. The first-order chi connectivity index (χ1) is 12.7. The number of hydrogen-bond acceptors (Lipinski definition) is 3. The van der Waals surface area contributed by atoms with E-state index >= 15 is 0 Å². The molecule has 0 saturated heterocycles. The first kappa shape index (κ1) is 27.2. The van der Waals surface area contributed by atoms with E-state index < -0.39 is 5.97 Å². The molecule has 4 heteroatoms. The molecule has 156 valence electrons. The molecule has 0 atom stereocenters. The average molecular weight is 373 g/mol. The summed E-state index contributed by atoms with van der Waals surface area (Å²) < 4.78 is 0. The minimum absolute atomic E-state index is 0.108. The molecule has 0 fully saturated rings. The standard InChI is InChI=1S/C18H36O2.C4H8O2/c1-2-3-4-5-6-7-8-9-10-11-12-13-14-15-16-17-18(19)20;5-3-1-2-4-6/h2-17H2,1H3,(H,19,20);1,3,5-6H,2,4H2. The van der Waals surface area contributed by atoms with E-state index in [4.69, 9.17) is 15.3 Å². The largest absolute Gasteiger partial charge is 0.516 e. The quantitative estimate of drug-likeness (QED) is 0.183. The highest BCUT2D eigenvalue weighted by molar-refractivity contribution is 5.66. The predicted molar refractivity (Wildman–Crippen MR) is 111 cm³/mol. The third kappa shape index (κ3) is 30.8. The van der Waals surface area contributed by atoms with Crippen molar-refractivity contribution in [3.05, 3.63) is 12.3 Å². The lowest BCUT2D eigenvalue weighted by atomic mass is 10.0. The molecule has 4 nitrogen and oxygen atoms in total. The summed E-state index contributed by atoms with van der Waals surface area (Å²) >= 11 is 0. The number of carbonyl (C=O) groups is 1. The van der Waals surface area contributed by atoms with Gasteiger partial charge in [0.2, 0.25) is 0 Å². The normalized spacial score (nSPS) is 10.7. The van der Waals surface area contributed by atoms with Gasteiger partial charge in [-0.05, 0) is 18.9 Å². The fourth-order valence-electron chi connectivity index (χ4n) is 2.80. The molecular weight excluding hydrogens is 328 g/mol. The maximum Gasteiger partial charge on any atom is 0.303 e. The highest BCUT2D eigenvalue weighted by Crippen LogP contribution is 2.13. The van der Waals surface area contributed by atoms with Crippen LogP contribution in [-0.2, 0) is 4.79 Å². The van der Waals surface area contributed by atoms with Crippen LogP contribution in [-0.4, -0.2) is 27.9 Å². The van der Waals surface area contributed by atoms with E-state index in [0.29, 0.717) is 12.8 Å². The molecule has 3 N–H and O–H groups in total. The van der Waals surface area contributed by atoms with E-state index in [1.165, 1.54) is 89.5 Å². The number of rotatable bonds is 18. The summed E-state index contributed by atoms with van der Waals surface area (Å²) in [7, 11) is 0. The minimum atomic E-state index is -0.653. The van der Waals surface area contributed by atoms with Gasteiger partial charge in [0.05, 0.1) is 6.26 Å². The van der Waals surface area contributed by atoms with Crippen molar-refractivity contribution < 1.29 is 20.1 Å². The van der Waals surface area contributed by atoms with Crippen LogP contribution in [0.15, 0.2) is 12.3 Å². The van der Waals surface area contributed by atoms with Gasteiger partial charge < -0.3 is 15.3 Å². The first-order valence-electron chi connectivity index (χ1n) is 10.8. The molecule has 0 unspecified atom stereocenters. The van der Waals surface area contributed by atoms with Gasteiger partial charge in [-0.15, -0.1) is 0 Å². The molecule has 0 aliphatic rings. The highest BCUT2D eigenvalue weighted by Gasteiger charge is 1.97. The first-order valence-corrected chi connectivity index (χ1v) is 10.8. The van der Waals surface area contributed by atoms with Gasteiger partial charge in [0.15, 0.2) is 0 Å². The molecule has 0 heterocycles. The van der Waals surface area contributed by atoms with Crippen LogP contribution in [0.1, 0.15) is 116 Å². The molecular formula is C22H44O4. The van der Waals surface area contributed by atoms with Crippen molar-refractivity contribution in [1.82, 2.24) is 0 Å². The van der Waals surface area contributed by atoms with Crippen LogP contribution >= 0.6 is 0 Å². The molecule has 0 aromatic carbocycles. The fraction of sp³-hybridized carbons (Fsp3) is 0.864. The van der Waals surface area contributed by atoms with Crippen LogP contribution in [0.25, 0.3) is 0 Å². The maximum absolute atomic E-state index is 10.3. The van der Waals surface area contributed by atoms with Crippen LogP contribution in [0.5, 0.6) is 0 Å². The van der Waals surface area contributed by atoms with Crippen molar-refractivity contribution in [2.24, 2.45) is 0 Å². The molecule has 0 aromatic heterocycles. The van der Waals surface area contributed by atoms with Crippen molar-refractivity contribution in [2.45, 2.75) is 116 Å². The molecule has 0 aromatic rings.